The lowest BCUT2D eigenvalue weighted by molar-refractivity contribution is -0.191. The van der Waals surface area contributed by atoms with Gasteiger partial charge in [-0.1, -0.05) is 0 Å². The van der Waals surface area contributed by atoms with Crippen LogP contribution in [0.3, 0.4) is 0 Å². The summed E-state index contributed by atoms with van der Waals surface area (Å²) in [6.45, 7) is 0. The summed E-state index contributed by atoms with van der Waals surface area (Å²) in [6.07, 6.45) is 3.50. The first kappa shape index (κ1) is 6.66. The summed E-state index contributed by atoms with van der Waals surface area (Å²) < 4.78 is 4.58. The van der Waals surface area contributed by atoms with Gasteiger partial charge in [-0.15, -0.1) is 0 Å². The minimum absolute atomic E-state index is 0.250. The van der Waals surface area contributed by atoms with Crippen LogP contribution in [-0.2, 0) is 9.59 Å². The standard InChI is InChI=1S/C4H4O.CO2/c1-2-4-5-3-1;2-1-3/h1-4H;. The van der Waals surface area contributed by atoms with Crippen LogP contribution in [0.4, 0.5) is 0 Å². The van der Waals surface area contributed by atoms with E-state index < -0.39 is 0 Å². The maximum absolute atomic E-state index is 8.12. The van der Waals surface area contributed by atoms with Crippen LogP contribution in [0, 0.1) is 0 Å². The third-order valence-corrected chi connectivity index (χ3v) is 0.425. The van der Waals surface area contributed by atoms with Gasteiger partial charge < -0.3 is 4.42 Å². The molecule has 3 nitrogen and oxygen atoms in total. The topological polar surface area (TPSA) is 47.3 Å². The zero-order valence-electron chi connectivity index (χ0n) is 4.03. The van der Waals surface area contributed by atoms with Gasteiger partial charge in [-0.05, 0) is 12.1 Å². The highest BCUT2D eigenvalue weighted by Gasteiger charge is 1.58. The first-order valence-corrected chi connectivity index (χ1v) is 1.88. The molecule has 42 valence electrons. The summed E-state index contributed by atoms with van der Waals surface area (Å²) >= 11 is 0. The molecule has 0 spiro atoms. The van der Waals surface area contributed by atoms with Gasteiger partial charge in [0.25, 0.3) is 0 Å². The van der Waals surface area contributed by atoms with E-state index >= 15 is 0 Å². The number of hydrogen-bond acceptors (Lipinski definition) is 3. The third kappa shape index (κ3) is 4.66. The van der Waals surface area contributed by atoms with Crippen LogP contribution >= 0.6 is 0 Å². The fraction of sp³-hybridized carbons (Fsp3) is 0. The predicted octanol–water partition coefficient (Wildman–Crippen LogP) is 0.696. The maximum atomic E-state index is 8.12. The molecule has 1 aromatic rings. The van der Waals surface area contributed by atoms with E-state index in [1.54, 1.807) is 12.5 Å². The van der Waals surface area contributed by atoms with Crippen molar-refractivity contribution in [3.05, 3.63) is 24.7 Å². The van der Waals surface area contributed by atoms with Crippen LogP contribution in [0.5, 0.6) is 0 Å². The zero-order chi connectivity index (χ0) is 6.24. The minimum Gasteiger partial charge on any atom is -0.473 e. The Morgan fingerprint density at radius 2 is 1.50 bits per heavy atom. The average molecular weight is 112 g/mol. The van der Waals surface area contributed by atoms with Crippen LogP contribution in [0.15, 0.2) is 29.1 Å². The van der Waals surface area contributed by atoms with Crippen molar-refractivity contribution in [1.29, 1.82) is 0 Å². The molecular weight excluding hydrogens is 108 g/mol. The molecule has 8 heavy (non-hydrogen) atoms. The molecule has 1 aromatic heterocycles. The van der Waals surface area contributed by atoms with Crippen LogP contribution in [0.25, 0.3) is 0 Å². The molecule has 0 aromatic carbocycles. The van der Waals surface area contributed by atoms with Gasteiger partial charge in [-0.25, -0.2) is 0 Å². The van der Waals surface area contributed by atoms with Crippen molar-refractivity contribution in [3.63, 3.8) is 0 Å². The van der Waals surface area contributed by atoms with E-state index in [4.69, 9.17) is 9.59 Å². The summed E-state index contributed by atoms with van der Waals surface area (Å²) in [4.78, 5) is 16.2. The lowest BCUT2D eigenvalue weighted by Gasteiger charge is -1.50. The average Bonchev–Trinajstić information content (AvgIpc) is 2.17. The molecule has 1 heterocycles. The van der Waals surface area contributed by atoms with Gasteiger partial charge in [0.1, 0.15) is 0 Å². The molecule has 0 N–H and O–H groups in total. The molecule has 1 rings (SSSR count). The van der Waals surface area contributed by atoms with Gasteiger partial charge in [0.2, 0.25) is 0 Å². The number of carbonyl (C=O) groups excluding carboxylic acids is 2. The van der Waals surface area contributed by atoms with Crippen molar-refractivity contribution < 1.29 is 14.0 Å². The molecule has 0 aliphatic carbocycles. The molecule has 0 unspecified atom stereocenters. The third-order valence-electron chi connectivity index (χ3n) is 0.425. The Hall–Kier alpha value is -1.34. The van der Waals surface area contributed by atoms with E-state index in [1.807, 2.05) is 12.1 Å². The van der Waals surface area contributed by atoms with Crippen molar-refractivity contribution in [2.75, 3.05) is 0 Å². The first-order valence-electron chi connectivity index (χ1n) is 1.88. The lowest BCUT2D eigenvalue weighted by atomic mass is 10.7. The van der Waals surface area contributed by atoms with Crippen molar-refractivity contribution in [3.8, 4) is 0 Å². The Kier molecular flexibility index (Phi) is 4.71. The quantitative estimate of drug-likeness (QED) is 0.496. The van der Waals surface area contributed by atoms with Crippen LogP contribution in [0.2, 0.25) is 0 Å². The largest absolute Gasteiger partial charge is 0.473 e. The van der Waals surface area contributed by atoms with Gasteiger partial charge in [0, 0.05) is 0 Å². The highest BCUT2D eigenvalue weighted by molar-refractivity contribution is 5.20. The molecule has 3 heteroatoms. The molecule has 0 bridgehead atoms. The van der Waals surface area contributed by atoms with E-state index in [-0.39, 0.29) is 6.15 Å². The number of rotatable bonds is 0. The molecule has 0 radical (unpaired) electrons. The van der Waals surface area contributed by atoms with Gasteiger partial charge >= 0.3 is 6.15 Å². The van der Waals surface area contributed by atoms with Crippen LogP contribution in [-0.4, -0.2) is 6.15 Å². The molecule has 0 amide bonds. The molecule has 0 saturated carbocycles. The van der Waals surface area contributed by atoms with Gasteiger partial charge in [-0.3, -0.25) is 0 Å². The smallest absolute Gasteiger partial charge is 0.373 e. The Bertz CT molecular complexity index is 119. The molecule has 0 atom stereocenters. The molecular formula is C5H4O3. The van der Waals surface area contributed by atoms with E-state index in [0.717, 1.165) is 0 Å². The lowest BCUT2D eigenvalue weighted by Crippen LogP contribution is -1.22. The Balaban J connectivity index is 0.000000145. The van der Waals surface area contributed by atoms with Crippen molar-refractivity contribution in [2.45, 2.75) is 0 Å². The van der Waals surface area contributed by atoms with E-state index in [9.17, 15) is 0 Å². The normalized spacial score (nSPS) is 6.00. The fourth-order valence-electron chi connectivity index (χ4n) is 0.227. The van der Waals surface area contributed by atoms with Gasteiger partial charge in [0.05, 0.1) is 12.5 Å². The maximum Gasteiger partial charge on any atom is 0.373 e. The summed E-state index contributed by atoms with van der Waals surface area (Å²) in [5.74, 6) is 0. The summed E-state index contributed by atoms with van der Waals surface area (Å²) in [5.41, 5.74) is 0. The van der Waals surface area contributed by atoms with Crippen LogP contribution in [0.1, 0.15) is 0 Å². The molecule has 0 aliphatic heterocycles. The Morgan fingerprint density at radius 1 is 1.12 bits per heavy atom. The molecule has 0 fully saturated rings. The monoisotopic (exact) mass is 112 g/mol. The summed E-state index contributed by atoms with van der Waals surface area (Å²) in [7, 11) is 0. The highest BCUT2D eigenvalue weighted by Crippen LogP contribution is 1.79. The van der Waals surface area contributed by atoms with E-state index in [0.29, 0.717) is 0 Å². The van der Waals surface area contributed by atoms with Crippen LogP contribution < -0.4 is 0 Å². The van der Waals surface area contributed by atoms with Crippen molar-refractivity contribution >= 4 is 6.15 Å². The first-order chi connectivity index (χ1) is 3.91. The van der Waals surface area contributed by atoms with Crippen molar-refractivity contribution in [1.82, 2.24) is 0 Å². The second-order valence-corrected chi connectivity index (χ2v) is 0.876. The van der Waals surface area contributed by atoms with E-state index in [1.165, 1.54) is 0 Å². The zero-order valence-corrected chi connectivity index (χ0v) is 4.03. The Labute approximate surface area is 45.9 Å². The predicted molar refractivity (Wildman–Crippen MR) is 23.7 cm³/mol. The molecule has 0 saturated heterocycles. The van der Waals surface area contributed by atoms with E-state index in [2.05, 4.69) is 4.42 Å². The summed E-state index contributed by atoms with van der Waals surface area (Å²) in [5, 5.41) is 0. The Morgan fingerprint density at radius 3 is 1.62 bits per heavy atom. The number of furan rings is 1. The van der Waals surface area contributed by atoms with Crippen molar-refractivity contribution in [2.24, 2.45) is 0 Å². The van der Waals surface area contributed by atoms with Gasteiger partial charge in [0.15, 0.2) is 0 Å². The second kappa shape index (κ2) is 5.66. The number of hydrogen-bond donors (Lipinski definition) is 0. The molecule has 0 aliphatic rings. The van der Waals surface area contributed by atoms with Gasteiger partial charge in [-0.2, -0.15) is 9.59 Å². The fourth-order valence-corrected chi connectivity index (χ4v) is 0.227. The summed E-state index contributed by atoms with van der Waals surface area (Å²) in [6, 6.07) is 3.67. The SMILES string of the molecule is O=C=O.c1ccoc1. The second-order valence-electron chi connectivity index (χ2n) is 0.876. The minimum atomic E-state index is 0.250. The highest BCUT2D eigenvalue weighted by atomic mass is 16.3.